The number of ether oxygens (including phenoxy) is 3. The molecule has 65 heavy (non-hydrogen) atoms. The second kappa shape index (κ2) is 27.6. The fourth-order valence-corrected chi connectivity index (χ4v) is 8.50. The first-order valence-corrected chi connectivity index (χ1v) is 24.9. The molecule has 4 N–H and O–H groups in total. The number of esters is 1. The molecule has 0 spiro atoms. The van der Waals surface area contributed by atoms with Gasteiger partial charge in [-0.3, -0.25) is 4.90 Å². The molecular weight excluding hydrogens is 842 g/mol. The number of nitrogens with zero attached hydrogens (tertiary/aromatic N) is 2. The number of quaternary nitrogens is 1. The van der Waals surface area contributed by atoms with Gasteiger partial charge in [-0.25, -0.2) is 13.9 Å². The van der Waals surface area contributed by atoms with Crippen LogP contribution < -0.4 is 14.8 Å². The molecule has 4 aromatic carbocycles. The number of aryl methyl sites for hydroxylation is 2. The first kappa shape index (κ1) is 53.7. The lowest BCUT2D eigenvalue weighted by Crippen LogP contribution is -2.44. The fraction of sp³-hybridized carbons (Fsp3) is 0.519. The standard InChI is InChI=1S/C52H76N3O9P/c1-40(2)54(41(3)4)31-29-47(44-23-14-11-15-24-44)48-34-42(5)25-27-51(48)64-52(57)38-55(6,7)37-46-35-45(26-28-50(46)62-39-63-65(58,59)60)49(56)36-53-30-17-8-9-18-32-61-33-19-16-22-43-20-12-10-13-21-43/h10-15,20-21,23-28,34-35,40-41,47,49,53,56H,8-9,16-19,22,29-33,36-39H2,1-7H3,(H-,58,59,60)/p+1/t47-,49?/m1/s1. The van der Waals surface area contributed by atoms with E-state index in [0.29, 0.717) is 41.3 Å². The number of phosphoric ester groups is 1. The number of likely N-dealkylation sites (N-methyl/N-ethyl adjacent to an activating group) is 1. The number of hydrogen-bond acceptors (Lipinski definition) is 9. The van der Waals surface area contributed by atoms with Crippen LogP contribution in [0, 0.1) is 6.92 Å². The van der Waals surface area contributed by atoms with Crippen molar-refractivity contribution in [1.29, 1.82) is 0 Å². The molecular formula is C52H77N3O9P+. The summed E-state index contributed by atoms with van der Waals surface area (Å²) in [5.74, 6) is 0.436. The number of carbonyl (C=O) groups excluding carboxylic acids is 1. The van der Waals surface area contributed by atoms with Crippen LogP contribution in [0.15, 0.2) is 97.1 Å². The van der Waals surface area contributed by atoms with Crippen molar-refractivity contribution in [2.45, 2.75) is 117 Å². The van der Waals surface area contributed by atoms with Crippen LogP contribution in [-0.4, -0.2) is 103 Å². The van der Waals surface area contributed by atoms with Crippen LogP contribution in [-0.2, 0) is 31.6 Å². The number of rotatable bonds is 31. The Morgan fingerprint density at radius 2 is 1.43 bits per heavy atom. The number of unbranched alkanes of at least 4 members (excludes halogenated alkanes) is 4. The molecule has 0 radical (unpaired) electrons. The van der Waals surface area contributed by atoms with Crippen molar-refractivity contribution in [1.82, 2.24) is 10.2 Å². The molecule has 2 atom stereocenters. The summed E-state index contributed by atoms with van der Waals surface area (Å²) in [7, 11) is -0.979. The summed E-state index contributed by atoms with van der Waals surface area (Å²) in [5, 5.41) is 14.6. The SMILES string of the molecule is Cc1ccc(OC(=O)C[N+](C)(C)Cc2cc(C(O)CNCCCCCCOCCCCc3ccccc3)ccc2OCOP(=O)(O)O)c([C@H](CCN(C(C)C)C(C)C)c2ccccc2)c1. The molecule has 0 aromatic heterocycles. The molecule has 1 unspecified atom stereocenters. The molecule has 0 aliphatic rings. The zero-order valence-electron chi connectivity index (χ0n) is 40.0. The van der Waals surface area contributed by atoms with Crippen molar-refractivity contribution in [2.24, 2.45) is 0 Å². The molecule has 0 amide bonds. The summed E-state index contributed by atoms with van der Waals surface area (Å²) < 4.78 is 33.9. The second-order valence-electron chi connectivity index (χ2n) is 18.4. The van der Waals surface area contributed by atoms with E-state index in [1.165, 1.54) is 5.56 Å². The summed E-state index contributed by atoms with van der Waals surface area (Å²) in [6.45, 7) is 14.1. The van der Waals surface area contributed by atoms with Gasteiger partial charge in [0.25, 0.3) is 0 Å². The molecule has 0 aliphatic carbocycles. The van der Waals surface area contributed by atoms with Crippen molar-refractivity contribution in [2.75, 3.05) is 60.3 Å². The molecule has 0 saturated carbocycles. The molecule has 0 aliphatic heterocycles. The summed E-state index contributed by atoms with van der Waals surface area (Å²) in [6, 6.07) is 32.8. The number of phosphoric acid groups is 1. The van der Waals surface area contributed by atoms with Crippen molar-refractivity contribution in [3.05, 3.63) is 130 Å². The number of benzene rings is 4. The van der Waals surface area contributed by atoms with Crippen molar-refractivity contribution < 1.29 is 47.5 Å². The van der Waals surface area contributed by atoms with E-state index in [9.17, 15) is 24.3 Å². The third-order valence-corrected chi connectivity index (χ3v) is 12.0. The van der Waals surface area contributed by atoms with Gasteiger partial charge in [0.1, 0.15) is 18.0 Å². The lowest BCUT2D eigenvalue weighted by Gasteiger charge is -2.32. The predicted molar refractivity (Wildman–Crippen MR) is 259 cm³/mol. The molecule has 4 aromatic rings. The largest absolute Gasteiger partial charge is 0.472 e. The number of aliphatic hydroxyl groups excluding tert-OH is 1. The third kappa shape index (κ3) is 20.2. The van der Waals surface area contributed by atoms with E-state index >= 15 is 0 Å². The Hall–Kier alpha value is -3.94. The van der Waals surface area contributed by atoms with Crippen LogP contribution in [0.4, 0.5) is 0 Å². The van der Waals surface area contributed by atoms with Gasteiger partial charge in [0, 0.05) is 48.9 Å². The van der Waals surface area contributed by atoms with Gasteiger partial charge < -0.3 is 38.9 Å². The van der Waals surface area contributed by atoms with E-state index in [4.69, 9.17) is 14.2 Å². The van der Waals surface area contributed by atoms with E-state index < -0.39 is 26.7 Å². The van der Waals surface area contributed by atoms with Gasteiger partial charge in [-0.1, -0.05) is 97.3 Å². The Bertz CT molecular complexity index is 2020. The molecule has 4 rings (SSSR count). The number of carbonyl (C=O) groups is 1. The maximum Gasteiger partial charge on any atom is 0.472 e. The Morgan fingerprint density at radius 1 is 0.785 bits per heavy atom. The summed E-state index contributed by atoms with van der Waals surface area (Å²) in [5.41, 5.74) is 5.84. The lowest BCUT2D eigenvalue weighted by molar-refractivity contribution is -0.896. The predicted octanol–water partition coefficient (Wildman–Crippen LogP) is 9.49. The molecule has 0 saturated heterocycles. The van der Waals surface area contributed by atoms with Gasteiger partial charge in [0.2, 0.25) is 0 Å². The summed E-state index contributed by atoms with van der Waals surface area (Å²) in [6.07, 6.45) is 7.47. The van der Waals surface area contributed by atoms with Crippen molar-refractivity contribution >= 4 is 13.8 Å². The normalized spacial score (nSPS) is 13.1. The Labute approximate surface area is 389 Å². The highest BCUT2D eigenvalue weighted by atomic mass is 31.2. The zero-order valence-corrected chi connectivity index (χ0v) is 40.9. The monoisotopic (exact) mass is 919 g/mol. The summed E-state index contributed by atoms with van der Waals surface area (Å²) in [4.78, 5) is 34.9. The van der Waals surface area contributed by atoms with Crippen molar-refractivity contribution in [3.8, 4) is 11.5 Å². The zero-order chi connectivity index (χ0) is 47.2. The third-order valence-electron chi connectivity index (χ3n) is 11.6. The van der Waals surface area contributed by atoms with Gasteiger partial charge >= 0.3 is 13.8 Å². The van der Waals surface area contributed by atoms with Crippen LogP contribution >= 0.6 is 7.82 Å². The van der Waals surface area contributed by atoms with Crippen LogP contribution in [0.3, 0.4) is 0 Å². The van der Waals surface area contributed by atoms with Gasteiger partial charge in [-0.05, 0) is 121 Å². The van der Waals surface area contributed by atoms with Gasteiger partial charge in [-0.15, -0.1) is 0 Å². The van der Waals surface area contributed by atoms with Crippen molar-refractivity contribution in [3.63, 3.8) is 0 Å². The topological polar surface area (TPSA) is 147 Å². The molecule has 13 heteroatoms. The molecule has 0 heterocycles. The highest BCUT2D eigenvalue weighted by molar-refractivity contribution is 7.46. The van der Waals surface area contributed by atoms with Crippen LogP contribution in [0.5, 0.6) is 11.5 Å². The van der Waals surface area contributed by atoms with Gasteiger partial charge in [0.15, 0.2) is 13.3 Å². The maximum absolute atomic E-state index is 13.9. The average Bonchev–Trinajstić information content (AvgIpc) is 3.24. The van der Waals surface area contributed by atoms with Crippen LogP contribution in [0.1, 0.15) is 118 Å². The van der Waals surface area contributed by atoms with E-state index in [0.717, 1.165) is 94.4 Å². The number of nitrogens with one attached hydrogen (secondary N) is 1. The highest BCUT2D eigenvalue weighted by Gasteiger charge is 2.28. The number of aliphatic hydroxyl groups is 1. The fourth-order valence-electron chi connectivity index (χ4n) is 8.31. The second-order valence-corrected chi connectivity index (χ2v) is 19.6. The Balaban J connectivity index is 1.34. The van der Waals surface area contributed by atoms with Crippen LogP contribution in [0.25, 0.3) is 0 Å². The Morgan fingerprint density at radius 3 is 2.11 bits per heavy atom. The molecule has 0 fully saturated rings. The maximum atomic E-state index is 13.9. The Kier molecular flexibility index (Phi) is 22.8. The van der Waals surface area contributed by atoms with Crippen LogP contribution in [0.2, 0.25) is 0 Å². The van der Waals surface area contributed by atoms with E-state index in [1.54, 1.807) is 12.1 Å². The number of hydrogen-bond donors (Lipinski definition) is 4. The van der Waals surface area contributed by atoms with Gasteiger partial charge in [0.05, 0.1) is 20.2 Å². The smallest absolute Gasteiger partial charge is 0.466 e. The average molecular weight is 919 g/mol. The van der Waals surface area contributed by atoms with E-state index in [-0.39, 0.29) is 23.5 Å². The highest BCUT2D eigenvalue weighted by Crippen LogP contribution is 2.37. The quantitative estimate of drug-likeness (QED) is 0.00956. The molecule has 0 bridgehead atoms. The minimum Gasteiger partial charge on any atom is -0.466 e. The first-order chi connectivity index (χ1) is 31.0. The first-order valence-electron chi connectivity index (χ1n) is 23.4. The van der Waals surface area contributed by atoms with E-state index in [2.05, 4.69) is 84.9 Å². The summed E-state index contributed by atoms with van der Waals surface area (Å²) >= 11 is 0. The molecule has 12 nitrogen and oxygen atoms in total. The van der Waals surface area contributed by atoms with E-state index in [1.807, 2.05) is 63.5 Å². The lowest BCUT2D eigenvalue weighted by atomic mass is 9.86. The minimum atomic E-state index is -4.78. The molecule has 358 valence electrons. The minimum absolute atomic E-state index is 0.00370. The van der Waals surface area contributed by atoms with Gasteiger partial charge in [-0.2, -0.15) is 0 Å².